The van der Waals surface area contributed by atoms with Crippen molar-refractivity contribution in [1.29, 1.82) is 0 Å². The monoisotopic (exact) mass is 816 g/mol. The molecule has 12 heteroatoms. The van der Waals surface area contributed by atoms with Gasteiger partial charge in [-0.1, -0.05) is 140 Å². The van der Waals surface area contributed by atoms with Crippen molar-refractivity contribution in [3.8, 4) is 0 Å². The van der Waals surface area contributed by atoms with Crippen molar-refractivity contribution in [2.24, 2.45) is 0 Å². The molecule has 5 aromatic carbocycles. The van der Waals surface area contributed by atoms with Gasteiger partial charge in [-0.15, -0.1) is 0 Å². The van der Waals surface area contributed by atoms with E-state index in [0.29, 0.717) is 12.2 Å². The molecule has 5 aromatic rings. The molecule has 0 spiro atoms. The second kappa shape index (κ2) is 19.3. The summed E-state index contributed by atoms with van der Waals surface area (Å²) in [5.41, 5.74) is 4.20. The lowest BCUT2D eigenvalue weighted by Crippen LogP contribution is -2.77. The lowest BCUT2D eigenvalue weighted by atomic mass is 9.82. The Balaban J connectivity index is 1.05. The standard InChI is InChI=1S/C48H48O12/c49-37-39-42(56-46(50)35-24-14-5-15-25-35)44-43(40(37)59-48(58-39)60-44)57-47-45(54-29-34-22-12-4-13-23-34)41(53-28-33-20-10-3-11-21-33)38(52-27-32-18-8-2-9-19-32)36(55-47)30-51-26-31-16-6-1-7-17-31/h1-25,36-45,47-49H,26-30H2/t36-,37-,38-,39-,40+,41+,42-,43+,44-,45+,47-,48+/m1/s1. The summed E-state index contributed by atoms with van der Waals surface area (Å²) < 4.78 is 64.8. The highest BCUT2D eigenvalue weighted by atomic mass is 16.9. The van der Waals surface area contributed by atoms with Crippen LogP contribution in [0.25, 0.3) is 0 Å². The predicted octanol–water partition coefficient (Wildman–Crippen LogP) is 6.14. The third kappa shape index (κ3) is 9.39. The molecule has 5 fully saturated rings. The first-order chi connectivity index (χ1) is 29.6. The first-order valence-electron chi connectivity index (χ1n) is 20.4. The summed E-state index contributed by atoms with van der Waals surface area (Å²) >= 11 is 0. The van der Waals surface area contributed by atoms with Crippen LogP contribution in [0.5, 0.6) is 0 Å². The highest BCUT2D eigenvalue weighted by Crippen LogP contribution is 2.44. The fourth-order valence-corrected chi connectivity index (χ4v) is 8.15. The maximum Gasteiger partial charge on any atom is 0.338 e. The molecule has 5 aliphatic rings. The van der Waals surface area contributed by atoms with E-state index in [1.165, 1.54) is 0 Å². The van der Waals surface area contributed by atoms with Crippen molar-refractivity contribution < 1.29 is 57.3 Å². The van der Waals surface area contributed by atoms with Gasteiger partial charge in [-0.2, -0.15) is 0 Å². The van der Waals surface area contributed by atoms with Gasteiger partial charge < -0.3 is 52.5 Å². The van der Waals surface area contributed by atoms with Gasteiger partial charge in [0.1, 0.15) is 54.9 Å². The molecule has 0 amide bonds. The Labute approximate surface area is 348 Å². The molecule has 4 saturated heterocycles. The van der Waals surface area contributed by atoms with Crippen molar-refractivity contribution in [2.45, 2.75) is 100 Å². The van der Waals surface area contributed by atoms with Crippen molar-refractivity contribution in [2.75, 3.05) is 6.61 Å². The van der Waals surface area contributed by atoms with Gasteiger partial charge in [0.15, 0.2) is 12.4 Å². The van der Waals surface area contributed by atoms with Crippen LogP contribution in [0.4, 0.5) is 0 Å². The number of ether oxygens (including phenoxy) is 10. The summed E-state index contributed by atoms with van der Waals surface area (Å²) in [5.74, 6) is -0.589. The Morgan fingerprint density at radius 1 is 0.483 bits per heavy atom. The first kappa shape index (κ1) is 40.6. The van der Waals surface area contributed by atoms with Crippen LogP contribution >= 0.6 is 0 Å². The predicted molar refractivity (Wildman–Crippen MR) is 215 cm³/mol. The molecular formula is C48H48O12. The number of carbonyl (C=O) groups excluding carboxylic acids is 1. The van der Waals surface area contributed by atoms with E-state index in [0.717, 1.165) is 22.3 Å². The minimum Gasteiger partial charge on any atom is -0.453 e. The first-order valence-corrected chi connectivity index (χ1v) is 20.4. The molecule has 10 rings (SSSR count). The topological polar surface area (TPSA) is 130 Å². The van der Waals surface area contributed by atoms with Gasteiger partial charge in [0.05, 0.1) is 38.6 Å². The summed E-state index contributed by atoms with van der Waals surface area (Å²) in [6.07, 6.45) is -10.1. The summed E-state index contributed by atoms with van der Waals surface area (Å²) in [5, 5.41) is 11.6. The molecule has 4 heterocycles. The van der Waals surface area contributed by atoms with E-state index in [1.54, 1.807) is 24.3 Å². The van der Waals surface area contributed by atoms with Gasteiger partial charge in [-0.05, 0) is 34.4 Å². The molecule has 0 unspecified atom stereocenters. The van der Waals surface area contributed by atoms with Gasteiger partial charge in [0.25, 0.3) is 6.48 Å². The Hall–Kier alpha value is -4.83. The van der Waals surface area contributed by atoms with E-state index in [-0.39, 0.29) is 26.4 Å². The zero-order valence-corrected chi connectivity index (χ0v) is 32.8. The molecule has 12 nitrogen and oxygen atoms in total. The molecule has 1 aliphatic carbocycles. The van der Waals surface area contributed by atoms with E-state index in [9.17, 15) is 9.90 Å². The van der Waals surface area contributed by atoms with Crippen molar-refractivity contribution in [3.05, 3.63) is 179 Å². The van der Waals surface area contributed by atoms with Crippen LogP contribution in [0.15, 0.2) is 152 Å². The second-order valence-corrected chi connectivity index (χ2v) is 15.2. The third-order valence-corrected chi connectivity index (χ3v) is 11.2. The fraction of sp³-hybridized carbons (Fsp3) is 0.354. The number of rotatable bonds is 17. The number of hydrogen-bond acceptors (Lipinski definition) is 12. The molecule has 4 bridgehead atoms. The van der Waals surface area contributed by atoms with Gasteiger partial charge in [-0.3, -0.25) is 0 Å². The summed E-state index contributed by atoms with van der Waals surface area (Å²) in [6, 6.07) is 48.1. The molecule has 0 aromatic heterocycles. The zero-order chi connectivity index (χ0) is 40.7. The van der Waals surface area contributed by atoms with Gasteiger partial charge in [-0.25, -0.2) is 4.79 Å². The number of aliphatic hydroxyl groups excluding tert-OH is 1. The fourth-order valence-electron chi connectivity index (χ4n) is 8.15. The van der Waals surface area contributed by atoms with Crippen LogP contribution in [0.2, 0.25) is 0 Å². The van der Waals surface area contributed by atoms with Crippen molar-refractivity contribution in [3.63, 3.8) is 0 Å². The summed E-state index contributed by atoms with van der Waals surface area (Å²) in [7, 11) is 0. The number of carbonyl (C=O) groups is 1. The van der Waals surface area contributed by atoms with E-state index >= 15 is 0 Å². The molecule has 312 valence electrons. The summed E-state index contributed by atoms with van der Waals surface area (Å²) in [4.78, 5) is 13.4. The largest absolute Gasteiger partial charge is 0.453 e. The third-order valence-electron chi connectivity index (χ3n) is 11.2. The minimum absolute atomic E-state index is 0.118. The maximum atomic E-state index is 13.4. The van der Waals surface area contributed by atoms with E-state index < -0.39 is 79.8 Å². The average molecular weight is 817 g/mol. The Morgan fingerprint density at radius 2 is 0.933 bits per heavy atom. The van der Waals surface area contributed by atoms with Crippen LogP contribution in [-0.4, -0.2) is 91.5 Å². The molecule has 0 radical (unpaired) electrons. The van der Waals surface area contributed by atoms with Gasteiger partial charge in [0, 0.05) is 0 Å². The highest BCUT2D eigenvalue weighted by molar-refractivity contribution is 5.89. The Bertz CT molecular complexity index is 2080. The molecule has 1 N–H and O–H groups in total. The molecule has 60 heavy (non-hydrogen) atoms. The van der Waals surface area contributed by atoms with Crippen LogP contribution in [-0.2, 0) is 73.8 Å². The van der Waals surface area contributed by atoms with Crippen molar-refractivity contribution >= 4 is 5.97 Å². The van der Waals surface area contributed by atoms with Crippen molar-refractivity contribution in [1.82, 2.24) is 0 Å². The van der Waals surface area contributed by atoms with E-state index in [4.69, 9.17) is 47.4 Å². The zero-order valence-electron chi connectivity index (χ0n) is 32.8. The lowest BCUT2D eigenvalue weighted by molar-refractivity contribution is -0.491. The molecular weight excluding hydrogens is 769 g/mol. The molecule has 12 atom stereocenters. The van der Waals surface area contributed by atoms with Gasteiger partial charge in [0.2, 0.25) is 0 Å². The molecule has 4 aliphatic heterocycles. The SMILES string of the molecule is O=C(O[C@H]1[C@H]2O[C@H]3O[C@@H]1[C@@H](O)[C@H](O3)[C@@H]2O[C@H]1O[C@H](COCc2ccccc2)[C@@H](OCc2ccccc2)[C@H](OCc2ccccc2)[C@@H]1OCc1ccccc1)c1ccccc1. The average Bonchev–Trinajstić information content (AvgIpc) is 3.30. The quantitative estimate of drug-likeness (QED) is 0.108. The van der Waals surface area contributed by atoms with Crippen LogP contribution < -0.4 is 0 Å². The van der Waals surface area contributed by atoms with E-state index in [2.05, 4.69) is 0 Å². The smallest absolute Gasteiger partial charge is 0.338 e. The second-order valence-electron chi connectivity index (χ2n) is 15.2. The lowest BCUT2D eigenvalue weighted by Gasteiger charge is -2.58. The normalized spacial score (nSPS) is 30.6. The van der Waals surface area contributed by atoms with Crippen LogP contribution in [0.1, 0.15) is 32.6 Å². The van der Waals surface area contributed by atoms with Gasteiger partial charge >= 0.3 is 5.97 Å². The Morgan fingerprint density at radius 3 is 1.48 bits per heavy atom. The van der Waals surface area contributed by atoms with Crippen LogP contribution in [0.3, 0.4) is 0 Å². The molecule has 1 saturated carbocycles. The maximum absolute atomic E-state index is 13.4. The number of benzene rings is 5. The van der Waals surface area contributed by atoms with E-state index in [1.807, 2.05) is 127 Å². The van der Waals surface area contributed by atoms with Crippen LogP contribution in [0, 0.1) is 0 Å². The highest BCUT2D eigenvalue weighted by Gasteiger charge is 2.65. The minimum atomic E-state index is -1.22. The number of hydrogen-bond donors (Lipinski definition) is 1. The number of aliphatic hydroxyl groups is 1. The summed E-state index contributed by atoms with van der Waals surface area (Å²) in [6.45, 7) is 0.0812. The number of esters is 1. The Kier molecular flexibility index (Phi) is 13.0.